The number of pyridine rings is 1. The van der Waals surface area contributed by atoms with Gasteiger partial charge >= 0.3 is 0 Å². The van der Waals surface area contributed by atoms with E-state index in [2.05, 4.69) is 57.1 Å². The molecule has 0 spiro atoms. The van der Waals surface area contributed by atoms with Crippen molar-refractivity contribution < 1.29 is 4.52 Å². The third-order valence-corrected chi connectivity index (χ3v) is 4.63. The van der Waals surface area contributed by atoms with Gasteiger partial charge in [0.05, 0.1) is 30.3 Å². The van der Waals surface area contributed by atoms with Crippen molar-refractivity contribution in [3.05, 3.63) is 65.3 Å². The first kappa shape index (κ1) is 16.0. The van der Waals surface area contributed by atoms with Crippen LogP contribution in [0.25, 0.3) is 0 Å². The molecule has 0 saturated carbocycles. The lowest BCUT2D eigenvalue weighted by Crippen LogP contribution is -2.35. The van der Waals surface area contributed by atoms with Crippen LogP contribution < -0.4 is 0 Å². The molecular formula is C19H23N5O. The van der Waals surface area contributed by atoms with Crippen LogP contribution in [0.1, 0.15) is 48.3 Å². The minimum absolute atomic E-state index is 0.108. The maximum absolute atomic E-state index is 5.59. The van der Waals surface area contributed by atoms with E-state index in [0.717, 1.165) is 43.1 Å². The highest BCUT2D eigenvalue weighted by atomic mass is 16.5. The number of H-pyrrole nitrogens is 1. The van der Waals surface area contributed by atoms with E-state index in [9.17, 15) is 0 Å². The SMILES string of the molecule is CC(C)Cc1cc(CN2CCc3[nH]cnc3C2c2ccncc2)on1. The molecule has 3 aromatic heterocycles. The second kappa shape index (κ2) is 6.80. The van der Waals surface area contributed by atoms with Crippen LogP contribution in [0.15, 0.2) is 41.4 Å². The maximum Gasteiger partial charge on any atom is 0.151 e. The van der Waals surface area contributed by atoms with Gasteiger partial charge in [-0.1, -0.05) is 19.0 Å². The summed E-state index contributed by atoms with van der Waals surface area (Å²) < 4.78 is 5.59. The zero-order valence-corrected chi connectivity index (χ0v) is 14.6. The second-order valence-corrected chi connectivity index (χ2v) is 7.05. The molecule has 25 heavy (non-hydrogen) atoms. The largest absolute Gasteiger partial charge is 0.360 e. The van der Waals surface area contributed by atoms with Crippen LogP contribution in [0.2, 0.25) is 0 Å². The Morgan fingerprint density at radius 3 is 2.96 bits per heavy atom. The zero-order valence-electron chi connectivity index (χ0n) is 14.6. The van der Waals surface area contributed by atoms with Crippen LogP contribution in [0, 0.1) is 5.92 Å². The van der Waals surface area contributed by atoms with E-state index in [4.69, 9.17) is 4.52 Å². The van der Waals surface area contributed by atoms with Gasteiger partial charge in [-0.2, -0.15) is 0 Å². The highest BCUT2D eigenvalue weighted by molar-refractivity contribution is 5.31. The Morgan fingerprint density at radius 2 is 2.16 bits per heavy atom. The van der Waals surface area contributed by atoms with Crippen molar-refractivity contribution in [1.82, 2.24) is 25.0 Å². The summed E-state index contributed by atoms with van der Waals surface area (Å²) in [6.45, 7) is 6.06. The van der Waals surface area contributed by atoms with Gasteiger partial charge in [0.25, 0.3) is 0 Å². The summed E-state index contributed by atoms with van der Waals surface area (Å²) in [4.78, 5) is 14.4. The van der Waals surface area contributed by atoms with E-state index in [-0.39, 0.29) is 6.04 Å². The van der Waals surface area contributed by atoms with E-state index >= 15 is 0 Å². The number of nitrogens with zero attached hydrogens (tertiary/aromatic N) is 4. The number of nitrogens with one attached hydrogen (secondary N) is 1. The minimum atomic E-state index is 0.108. The molecular weight excluding hydrogens is 314 g/mol. The second-order valence-electron chi connectivity index (χ2n) is 7.05. The smallest absolute Gasteiger partial charge is 0.151 e. The van der Waals surface area contributed by atoms with Crippen molar-refractivity contribution in [3.63, 3.8) is 0 Å². The molecule has 0 radical (unpaired) electrons. The highest BCUT2D eigenvalue weighted by Crippen LogP contribution is 2.34. The molecule has 0 amide bonds. The monoisotopic (exact) mass is 337 g/mol. The van der Waals surface area contributed by atoms with Crippen LogP contribution in [0.3, 0.4) is 0 Å². The van der Waals surface area contributed by atoms with Gasteiger partial charge in [-0.3, -0.25) is 9.88 Å². The Balaban J connectivity index is 1.61. The summed E-state index contributed by atoms with van der Waals surface area (Å²) >= 11 is 0. The Bertz CT molecular complexity index is 823. The molecule has 6 heteroatoms. The van der Waals surface area contributed by atoms with Crippen LogP contribution in [0.5, 0.6) is 0 Å². The highest BCUT2D eigenvalue weighted by Gasteiger charge is 2.31. The lowest BCUT2D eigenvalue weighted by molar-refractivity contribution is 0.178. The topological polar surface area (TPSA) is 70.8 Å². The van der Waals surface area contributed by atoms with Gasteiger partial charge in [0.1, 0.15) is 0 Å². The Kier molecular flexibility index (Phi) is 4.36. The predicted octanol–water partition coefficient (Wildman–Crippen LogP) is 3.14. The van der Waals surface area contributed by atoms with E-state index in [1.165, 1.54) is 11.3 Å². The van der Waals surface area contributed by atoms with E-state index in [1.807, 2.05) is 12.4 Å². The molecule has 0 saturated heterocycles. The van der Waals surface area contributed by atoms with E-state index < -0.39 is 0 Å². The number of hydrogen-bond donors (Lipinski definition) is 1. The molecule has 130 valence electrons. The van der Waals surface area contributed by atoms with Crippen LogP contribution in [-0.2, 0) is 19.4 Å². The fraction of sp³-hybridized carbons (Fsp3) is 0.421. The molecule has 6 nitrogen and oxygen atoms in total. The normalized spacial score (nSPS) is 17.8. The average molecular weight is 337 g/mol. The van der Waals surface area contributed by atoms with Gasteiger partial charge in [-0.25, -0.2) is 4.98 Å². The summed E-state index contributed by atoms with van der Waals surface area (Å²) in [5.74, 6) is 1.48. The third-order valence-electron chi connectivity index (χ3n) is 4.63. The van der Waals surface area contributed by atoms with Crippen molar-refractivity contribution >= 4 is 0 Å². The van der Waals surface area contributed by atoms with Crippen LogP contribution in [0.4, 0.5) is 0 Å². The molecule has 4 rings (SSSR count). The molecule has 0 aromatic carbocycles. The summed E-state index contributed by atoms with van der Waals surface area (Å²) in [6, 6.07) is 6.32. The molecule has 1 atom stereocenters. The van der Waals surface area contributed by atoms with Crippen molar-refractivity contribution in [2.75, 3.05) is 6.54 Å². The summed E-state index contributed by atoms with van der Waals surface area (Å²) in [7, 11) is 0. The van der Waals surface area contributed by atoms with E-state index in [1.54, 1.807) is 6.33 Å². The minimum Gasteiger partial charge on any atom is -0.360 e. The number of fused-ring (bicyclic) bond motifs is 1. The summed E-state index contributed by atoms with van der Waals surface area (Å²) in [5.41, 5.74) is 4.54. The van der Waals surface area contributed by atoms with Gasteiger partial charge in [0.15, 0.2) is 5.76 Å². The Morgan fingerprint density at radius 1 is 1.32 bits per heavy atom. The lowest BCUT2D eigenvalue weighted by atomic mass is 9.96. The number of imidazole rings is 1. The molecule has 1 N–H and O–H groups in total. The molecule has 0 bridgehead atoms. The molecule has 1 aliphatic heterocycles. The van der Waals surface area contributed by atoms with Gasteiger partial charge in [-0.05, 0) is 30.0 Å². The number of aromatic amines is 1. The summed E-state index contributed by atoms with van der Waals surface area (Å²) in [5, 5.41) is 4.22. The van der Waals surface area contributed by atoms with Gasteiger partial charge in [0, 0.05) is 37.1 Å². The Hall–Kier alpha value is -2.47. The van der Waals surface area contributed by atoms with Crippen LogP contribution in [-0.4, -0.2) is 31.6 Å². The zero-order chi connectivity index (χ0) is 17.2. The third kappa shape index (κ3) is 3.35. The first-order valence-electron chi connectivity index (χ1n) is 8.81. The van der Waals surface area contributed by atoms with Crippen molar-refractivity contribution in [2.24, 2.45) is 5.92 Å². The van der Waals surface area contributed by atoms with Crippen LogP contribution >= 0.6 is 0 Å². The molecule has 3 aromatic rings. The molecule has 0 fully saturated rings. The van der Waals surface area contributed by atoms with E-state index in [0.29, 0.717) is 5.92 Å². The van der Waals surface area contributed by atoms with Gasteiger partial charge < -0.3 is 9.51 Å². The maximum atomic E-state index is 5.59. The molecule has 0 aliphatic carbocycles. The Labute approximate surface area is 147 Å². The van der Waals surface area contributed by atoms with Crippen molar-refractivity contribution in [2.45, 2.75) is 39.3 Å². The predicted molar refractivity (Wildman–Crippen MR) is 93.8 cm³/mol. The quantitative estimate of drug-likeness (QED) is 0.774. The van der Waals surface area contributed by atoms with Crippen molar-refractivity contribution in [1.29, 1.82) is 0 Å². The van der Waals surface area contributed by atoms with Gasteiger partial charge in [0.2, 0.25) is 0 Å². The number of hydrogen-bond acceptors (Lipinski definition) is 5. The fourth-order valence-electron chi connectivity index (χ4n) is 3.55. The molecule has 1 aliphatic rings. The van der Waals surface area contributed by atoms with Gasteiger partial charge in [-0.15, -0.1) is 0 Å². The number of aromatic nitrogens is 4. The lowest BCUT2D eigenvalue weighted by Gasteiger charge is -2.34. The number of rotatable bonds is 5. The average Bonchev–Trinajstić information content (AvgIpc) is 3.24. The summed E-state index contributed by atoms with van der Waals surface area (Å²) in [6.07, 6.45) is 7.37. The first-order chi connectivity index (χ1) is 12.2. The first-order valence-corrected chi connectivity index (χ1v) is 8.81. The molecule has 4 heterocycles. The fourth-order valence-corrected chi connectivity index (χ4v) is 3.55. The standard InChI is InChI=1S/C19H23N5O/c1-13(2)9-15-10-16(25-23-15)11-24-8-5-17-18(22-12-21-17)19(24)14-3-6-20-7-4-14/h3-4,6-7,10,12-13,19H,5,8-9,11H2,1-2H3,(H,21,22). The van der Waals surface area contributed by atoms with Crippen molar-refractivity contribution in [3.8, 4) is 0 Å². The molecule has 1 unspecified atom stereocenters.